The smallest absolute Gasteiger partial charge is 0.416 e. The predicted octanol–water partition coefficient (Wildman–Crippen LogP) is 5.19. The fourth-order valence-electron chi connectivity index (χ4n) is 3.25. The SMILES string of the molecule is Cc1cc(S[C@H](O)C(C)c2cn(-c3ccc(C(F)(F)F)cc3)nc2C)ccc1OCC(=O)O. The Bertz CT molecular complexity index is 1130. The lowest BCUT2D eigenvalue weighted by molar-refractivity contribution is -0.139. The van der Waals surface area contributed by atoms with Crippen LogP contribution in [-0.4, -0.2) is 38.0 Å². The number of aliphatic carboxylic acids is 1. The second-order valence-corrected chi connectivity index (χ2v) is 8.76. The topological polar surface area (TPSA) is 84.6 Å². The average Bonchev–Trinajstić information content (AvgIpc) is 3.13. The van der Waals surface area contributed by atoms with E-state index in [9.17, 15) is 23.1 Å². The van der Waals surface area contributed by atoms with Crippen molar-refractivity contribution < 1.29 is 32.9 Å². The number of halogens is 3. The number of carboxylic acids is 1. The molecule has 0 saturated carbocycles. The van der Waals surface area contributed by atoms with Gasteiger partial charge in [-0.05, 0) is 67.4 Å². The quantitative estimate of drug-likeness (QED) is 0.341. The van der Waals surface area contributed by atoms with E-state index in [0.717, 1.165) is 28.2 Å². The number of nitrogens with zero attached hydrogens (tertiary/aromatic N) is 2. The molecule has 0 aliphatic heterocycles. The minimum atomic E-state index is -4.40. The molecule has 0 radical (unpaired) electrons. The number of rotatable bonds is 8. The summed E-state index contributed by atoms with van der Waals surface area (Å²) in [6.07, 6.45) is -2.70. The third kappa shape index (κ3) is 6.08. The van der Waals surface area contributed by atoms with E-state index in [2.05, 4.69) is 5.10 Å². The molecule has 0 saturated heterocycles. The second kappa shape index (κ2) is 9.88. The van der Waals surface area contributed by atoms with Crippen LogP contribution in [-0.2, 0) is 11.0 Å². The van der Waals surface area contributed by atoms with Gasteiger partial charge in [0.1, 0.15) is 11.2 Å². The molecular formula is C23H23F3N2O4S. The molecule has 176 valence electrons. The lowest BCUT2D eigenvalue weighted by Gasteiger charge is -2.18. The van der Waals surface area contributed by atoms with E-state index < -0.39 is 29.8 Å². The molecule has 0 fully saturated rings. The predicted molar refractivity (Wildman–Crippen MR) is 118 cm³/mol. The molecule has 1 heterocycles. The van der Waals surface area contributed by atoms with Crippen LogP contribution < -0.4 is 4.74 Å². The molecule has 2 atom stereocenters. The zero-order valence-corrected chi connectivity index (χ0v) is 18.9. The van der Waals surface area contributed by atoms with Crippen LogP contribution in [0.1, 0.15) is 35.2 Å². The number of hydrogen-bond donors (Lipinski definition) is 2. The number of thioether (sulfide) groups is 1. The maximum Gasteiger partial charge on any atom is 0.416 e. The van der Waals surface area contributed by atoms with Crippen molar-refractivity contribution in [3.63, 3.8) is 0 Å². The number of carboxylic acid groups (broad SMARTS) is 1. The van der Waals surface area contributed by atoms with Crippen LogP contribution in [0.25, 0.3) is 5.69 Å². The Balaban J connectivity index is 1.72. The summed E-state index contributed by atoms with van der Waals surface area (Å²) in [4.78, 5) is 11.4. The van der Waals surface area contributed by atoms with Crippen molar-refractivity contribution >= 4 is 17.7 Å². The highest BCUT2D eigenvalue weighted by Gasteiger charge is 2.30. The number of alkyl halides is 3. The molecule has 33 heavy (non-hydrogen) atoms. The van der Waals surface area contributed by atoms with E-state index in [1.165, 1.54) is 28.6 Å². The van der Waals surface area contributed by atoms with Crippen molar-refractivity contribution in [1.29, 1.82) is 0 Å². The maximum absolute atomic E-state index is 12.8. The largest absolute Gasteiger partial charge is 0.482 e. The summed E-state index contributed by atoms with van der Waals surface area (Å²) >= 11 is 1.23. The highest BCUT2D eigenvalue weighted by molar-refractivity contribution is 7.99. The highest BCUT2D eigenvalue weighted by atomic mass is 32.2. The van der Waals surface area contributed by atoms with Gasteiger partial charge in [-0.25, -0.2) is 9.48 Å². The van der Waals surface area contributed by atoms with E-state index in [1.54, 1.807) is 38.2 Å². The zero-order valence-electron chi connectivity index (χ0n) is 18.1. The lowest BCUT2D eigenvalue weighted by atomic mass is 10.0. The molecule has 0 aliphatic carbocycles. The summed E-state index contributed by atoms with van der Waals surface area (Å²) in [5.74, 6) is -0.927. The zero-order chi connectivity index (χ0) is 24.3. The third-order valence-corrected chi connectivity index (χ3v) is 6.24. The molecule has 10 heteroatoms. The van der Waals surface area contributed by atoms with E-state index in [0.29, 0.717) is 17.1 Å². The molecule has 1 unspecified atom stereocenters. The van der Waals surface area contributed by atoms with Crippen LogP contribution in [0, 0.1) is 13.8 Å². The first-order chi connectivity index (χ1) is 15.5. The van der Waals surface area contributed by atoms with Crippen molar-refractivity contribution in [2.24, 2.45) is 0 Å². The summed E-state index contributed by atoms with van der Waals surface area (Å²) < 4.78 is 45.1. The van der Waals surface area contributed by atoms with Gasteiger partial charge in [0.05, 0.1) is 16.9 Å². The minimum Gasteiger partial charge on any atom is -0.482 e. The van der Waals surface area contributed by atoms with Crippen molar-refractivity contribution in [3.8, 4) is 11.4 Å². The summed E-state index contributed by atoms with van der Waals surface area (Å²) in [5, 5.41) is 23.9. The minimum absolute atomic E-state index is 0.318. The molecule has 2 aromatic carbocycles. The van der Waals surface area contributed by atoms with E-state index >= 15 is 0 Å². The van der Waals surface area contributed by atoms with Gasteiger partial charge in [-0.15, -0.1) is 0 Å². The number of ether oxygens (including phenoxy) is 1. The molecule has 2 N–H and O–H groups in total. The van der Waals surface area contributed by atoms with Gasteiger partial charge in [0.15, 0.2) is 6.61 Å². The number of benzene rings is 2. The molecule has 6 nitrogen and oxygen atoms in total. The Kier molecular flexibility index (Phi) is 7.38. The molecule has 0 amide bonds. The Hall–Kier alpha value is -2.98. The Labute approximate surface area is 193 Å². The van der Waals surface area contributed by atoms with Gasteiger partial charge in [-0.3, -0.25) is 0 Å². The monoisotopic (exact) mass is 480 g/mol. The molecule has 1 aromatic heterocycles. The van der Waals surface area contributed by atoms with Crippen LogP contribution in [0.4, 0.5) is 13.2 Å². The standard InChI is InChI=1S/C23H23F3N2O4S/c1-13-10-18(8-9-20(13)32-12-21(29)30)33-22(31)14(2)19-11-28(27-15(19)3)17-6-4-16(5-7-17)23(24,25)26/h4-11,14,22,31H,12H2,1-3H3,(H,29,30)/t14?,22-/m0/s1. The van der Waals surface area contributed by atoms with Crippen LogP contribution in [0.2, 0.25) is 0 Å². The number of aliphatic hydroxyl groups excluding tert-OH is 1. The number of aromatic nitrogens is 2. The van der Waals surface area contributed by atoms with Crippen molar-refractivity contribution in [3.05, 3.63) is 71.0 Å². The van der Waals surface area contributed by atoms with Gasteiger partial charge < -0.3 is 14.9 Å². The molecule has 0 aliphatic rings. The Morgan fingerprint density at radius 3 is 2.42 bits per heavy atom. The van der Waals surface area contributed by atoms with Gasteiger partial charge in [0.2, 0.25) is 0 Å². The fraction of sp³-hybridized carbons (Fsp3) is 0.304. The fourth-order valence-corrected chi connectivity index (χ4v) is 4.27. The number of aliphatic hydroxyl groups is 1. The maximum atomic E-state index is 12.8. The second-order valence-electron chi connectivity index (χ2n) is 7.57. The van der Waals surface area contributed by atoms with Gasteiger partial charge >= 0.3 is 12.1 Å². The molecule has 0 bridgehead atoms. The van der Waals surface area contributed by atoms with Crippen LogP contribution in [0.5, 0.6) is 5.75 Å². The summed E-state index contributed by atoms with van der Waals surface area (Å²) in [6, 6.07) is 9.92. The first-order valence-electron chi connectivity index (χ1n) is 9.99. The summed E-state index contributed by atoms with van der Waals surface area (Å²) in [6.45, 7) is 4.98. The lowest BCUT2D eigenvalue weighted by Crippen LogP contribution is -2.12. The van der Waals surface area contributed by atoms with Gasteiger partial charge in [0, 0.05) is 17.0 Å². The first kappa shape index (κ1) is 24.7. The average molecular weight is 481 g/mol. The van der Waals surface area contributed by atoms with Crippen LogP contribution in [0.3, 0.4) is 0 Å². The number of hydrogen-bond acceptors (Lipinski definition) is 5. The summed E-state index contributed by atoms with van der Waals surface area (Å²) in [5.41, 5.74) is 1.11. The van der Waals surface area contributed by atoms with Crippen LogP contribution >= 0.6 is 11.8 Å². The molecule has 0 spiro atoms. The number of aryl methyl sites for hydroxylation is 2. The van der Waals surface area contributed by atoms with E-state index in [4.69, 9.17) is 9.84 Å². The Morgan fingerprint density at radius 1 is 1.18 bits per heavy atom. The molecule has 3 rings (SSSR count). The molecular weight excluding hydrogens is 457 g/mol. The number of carbonyl (C=O) groups is 1. The normalized spacial score (nSPS) is 13.5. The van der Waals surface area contributed by atoms with E-state index in [1.807, 2.05) is 6.92 Å². The highest BCUT2D eigenvalue weighted by Crippen LogP contribution is 2.35. The third-order valence-electron chi connectivity index (χ3n) is 5.07. The first-order valence-corrected chi connectivity index (χ1v) is 10.9. The van der Waals surface area contributed by atoms with E-state index in [-0.39, 0.29) is 5.92 Å². The summed E-state index contributed by atoms with van der Waals surface area (Å²) in [7, 11) is 0. The Morgan fingerprint density at radius 2 is 1.85 bits per heavy atom. The van der Waals surface area contributed by atoms with Crippen molar-refractivity contribution in [2.45, 2.75) is 43.2 Å². The van der Waals surface area contributed by atoms with Gasteiger partial charge in [0.25, 0.3) is 0 Å². The van der Waals surface area contributed by atoms with Gasteiger partial charge in [-0.1, -0.05) is 18.7 Å². The van der Waals surface area contributed by atoms with Crippen LogP contribution in [0.15, 0.2) is 53.6 Å². The van der Waals surface area contributed by atoms with Gasteiger partial charge in [-0.2, -0.15) is 18.3 Å². The van der Waals surface area contributed by atoms with Crippen molar-refractivity contribution in [1.82, 2.24) is 9.78 Å². The van der Waals surface area contributed by atoms with Crippen molar-refractivity contribution in [2.75, 3.05) is 6.61 Å². The molecule has 3 aromatic rings.